The molecule has 2 nitrogen and oxygen atoms in total. The third-order valence-electron chi connectivity index (χ3n) is 2.31. The van der Waals surface area contributed by atoms with Gasteiger partial charge in [-0.15, -0.1) is 6.58 Å². The van der Waals surface area contributed by atoms with Crippen LogP contribution in [0, 0.1) is 5.92 Å². The standard InChI is InChI=1S/C10H16O2/c1-3-7-12-10-8(2)5-4-6-9(10)11/h3,8,10H,1,4-7H2,2H3/t8-,10-/m1/s1. The predicted octanol–water partition coefficient (Wildman–Crippen LogP) is 1.95. The third-order valence-corrected chi connectivity index (χ3v) is 2.31. The van der Waals surface area contributed by atoms with Crippen LogP contribution >= 0.6 is 0 Å². The van der Waals surface area contributed by atoms with Crippen molar-refractivity contribution in [2.45, 2.75) is 32.3 Å². The van der Waals surface area contributed by atoms with Crippen molar-refractivity contribution in [1.29, 1.82) is 0 Å². The van der Waals surface area contributed by atoms with Crippen molar-refractivity contribution in [3.05, 3.63) is 12.7 Å². The quantitative estimate of drug-likeness (QED) is 0.602. The molecule has 1 rings (SSSR count). The van der Waals surface area contributed by atoms with E-state index < -0.39 is 0 Å². The van der Waals surface area contributed by atoms with Crippen molar-refractivity contribution < 1.29 is 9.53 Å². The van der Waals surface area contributed by atoms with Crippen molar-refractivity contribution in [1.82, 2.24) is 0 Å². The van der Waals surface area contributed by atoms with Crippen LogP contribution in [0.3, 0.4) is 0 Å². The van der Waals surface area contributed by atoms with Crippen LogP contribution in [0.5, 0.6) is 0 Å². The van der Waals surface area contributed by atoms with Crippen LogP contribution in [0.15, 0.2) is 12.7 Å². The maximum Gasteiger partial charge on any atom is 0.161 e. The molecular weight excluding hydrogens is 152 g/mol. The van der Waals surface area contributed by atoms with Gasteiger partial charge in [0.25, 0.3) is 0 Å². The summed E-state index contributed by atoms with van der Waals surface area (Å²) in [5.74, 6) is 0.641. The smallest absolute Gasteiger partial charge is 0.161 e. The zero-order valence-electron chi connectivity index (χ0n) is 7.58. The van der Waals surface area contributed by atoms with Gasteiger partial charge in [0.1, 0.15) is 6.10 Å². The molecule has 0 heterocycles. The molecule has 2 heteroatoms. The normalized spacial score (nSPS) is 30.2. The first kappa shape index (κ1) is 9.46. The summed E-state index contributed by atoms with van der Waals surface area (Å²) in [5, 5.41) is 0. The van der Waals surface area contributed by atoms with Gasteiger partial charge in [-0.25, -0.2) is 0 Å². The first-order valence-electron chi connectivity index (χ1n) is 4.51. The minimum absolute atomic E-state index is 0.170. The minimum atomic E-state index is -0.170. The molecule has 0 spiro atoms. The van der Waals surface area contributed by atoms with Crippen molar-refractivity contribution in [3.63, 3.8) is 0 Å². The van der Waals surface area contributed by atoms with E-state index in [-0.39, 0.29) is 11.9 Å². The third kappa shape index (κ3) is 2.18. The topological polar surface area (TPSA) is 26.3 Å². The van der Waals surface area contributed by atoms with Gasteiger partial charge in [0, 0.05) is 6.42 Å². The van der Waals surface area contributed by atoms with Crippen LogP contribution in [-0.4, -0.2) is 18.5 Å². The summed E-state index contributed by atoms with van der Waals surface area (Å²) in [5.41, 5.74) is 0. The molecule has 12 heavy (non-hydrogen) atoms. The Hall–Kier alpha value is -0.630. The molecule has 0 bridgehead atoms. The van der Waals surface area contributed by atoms with E-state index in [9.17, 15) is 4.79 Å². The highest BCUT2D eigenvalue weighted by atomic mass is 16.5. The van der Waals surface area contributed by atoms with Crippen LogP contribution in [0.2, 0.25) is 0 Å². The molecule has 0 N–H and O–H groups in total. The number of Topliss-reactive ketones (excluding diaryl/α,β-unsaturated/α-hetero) is 1. The second-order valence-electron chi connectivity index (χ2n) is 3.38. The molecule has 0 saturated heterocycles. The fourth-order valence-electron chi connectivity index (χ4n) is 1.64. The molecule has 0 amide bonds. The molecule has 1 aliphatic carbocycles. The summed E-state index contributed by atoms with van der Waals surface area (Å²) in [7, 11) is 0. The number of ketones is 1. The molecular formula is C10H16O2. The van der Waals surface area contributed by atoms with Crippen molar-refractivity contribution in [2.75, 3.05) is 6.61 Å². The van der Waals surface area contributed by atoms with E-state index in [1.54, 1.807) is 6.08 Å². The Kier molecular flexibility index (Phi) is 3.48. The van der Waals surface area contributed by atoms with Gasteiger partial charge >= 0.3 is 0 Å². The van der Waals surface area contributed by atoms with Crippen molar-refractivity contribution >= 4 is 5.78 Å². The van der Waals surface area contributed by atoms with Crippen LogP contribution in [-0.2, 0) is 9.53 Å². The molecule has 0 aliphatic heterocycles. The Morgan fingerprint density at radius 1 is 1.75 bits per heavy atom. The summed E-state index contributed by atoms with van der Waals surface area (Å²) in [6.45, 7) is 6.12. The Morgan fingerprint density at radius 2 is 2.50 bits per heavy atom. The van der Waals surface area contributed by atoms with E-state index in [1.165, 1.54) is 0 Å². The van der Waals surface area contributed by atoms with Gasteiger partial charge in [0.2, 0.25) is 0 Å². The molecule has 1 fully saturated rings. The molecule has 0 aromatic rings. The van der Waals surface area contributed by atoms with Crippen LogP contribution < -0.4 is 0 Å². The first-order valence-corrected chi connectivity index (χ1v) is 4.51. The molecule has 1 saturated carbocycles. The number of rotatable bonds is 3. The maximum atomic E-state index is 11.4. The van der Waals surface area contributed by atoms with Crippen LogP contribution in [0.25, 0.3) is 0 Å². The zero-order chi connectivity index (χ0) is 8.97. The molecule has 0 unspecified atom stereocenters. The monoisotopic (exact) mass is 168 g/mol. The van der Waals surface area contributed by atoms with Crippen molar-refractivity contribution in [2.24, 2.45) is 5.92 Å². The summed E-state index contributed by atoms with van der Waals surface area (Å²) < 4.78 is 5.39. The number of ether oxygens (including phenoxy) is 1. The van der Waals surface area contributed by atoms with E-state index >= 15 is 0 Å². The predicted molar refractivity (Wildman–Crippen MR) is 48.0 cm³/mol. The molecule has 0 radical (unpaired) electrons. The van der Waals surface area contributed by atoms with E-state index in [0.717, 1.165) is 12.8 Å². The second-order valence-corrected chi connectivity index (χ2v) is 3.38. The summed E-state index contributed by atoms with van der Waals surface area (Å²) in [6.07, 6.45) is 4.33. The highest BCUT2D eigenvalue weighted by molar-refractivity contribution is 5.84. The Balaban J connectivity index is 2.45. The first-order chi connectivity index (χ1) is 5.75. The lowest BCUT2D eigenvalue weighted by atomic mass is 9.87. The van der Waals surface area contributed by atoms with E-state index in [0.29, 0.717) is 18.9 Å². The van der Waals surface area contributed by atoms with Crippen LogP contribution in [0.1, 0.15) is 26.2 Å². The van der Waals surface area contributed by atoms with Crippen LogP contribution in [0.4, 0.5) is 0 Å². The number of hydrogen-bond acceptors (Lipinski definition) is 2. The maximum absolute atomic E-state index is 11.4. The highest BCUT2D eigenvalue weighted by Gasteiger charge is 2.28. The Bertz CT molecular complexity index is 175. The Labute approximate surface area is 73.6 Å². The second kappa shape index (κ2) is 4.41. The van der Waals surface area contributed by atoms with Gasteiger partial charge in [-0.05, 0) is 18.8 Å². The summed E-state index contributed by atoms with van der Waals surface area (Å²) >= 11 is 0. The lowest BCUT2D eigenvalue weighted by molar-refractivity contribution is -0.135. The highest BCUT2D eigenvalue weighted by Crippen LogP contribution is 2.23. The lowest BCUT2D eigenvalue weighted by Crippen LogP contribution is -2.34. The SMILES string of the molecule is C=CCO[C@H]1C(=O)CCC[C@H]1C. The van der Waals surface area contributed by atoms with Gasteiger partial charge in [-0.2, -0.15) is 0 Å². The molecule has 0 aromatic heterocycles. The molecule has 0 aromatic carbocycles. The lowest BCUT2D eigenvalue weighted by Gasteiger charge is -2.26. The zero-order valence-corrected chi connectivity index (χ0v) is 7.58. The van der Waals surface area contributed by atoms with Gasteiger partial charge in [-0.3, -0.25) is 4.79 Å². The fourth-order valence-corrected chi connectivity index (χ4v) is 1.64. The van der Waals surface area contributed by atoms with Gasteiger partial charge < -0.3 is 4.74 Å². The van der Waals surface area contributed by atoms with E-state index in [4.69, 9.17) is 4.74 Å². The molecule has 2 atom stereocenters. The molecule has 1 aliphatic rings. The largest absolute Gasteiger partial charge is 0.366 e. The van der Waals surface area contributed by atoms with E-state index in [1.807, 2.05) is 0 Å². The number of hydrogen-bond donors (Lipinski definition) is 0. The number of carbonyl (C=O) groups is 1. The van der Waals surface area contributed by atoms with Gasteiger partial charge in [-0.1, -0.05) is 13.0 Å². The average molecular weight is 168 g/mol. The fraction of sp³-hybridized carbons (Fsp3) is 0.700. The summed E-state index contributed by atoms with van der Waals surface area (Å²) in [6, 6.07) is 0. The number of carbonyl (C=O) groups excluding carboxylic acids is 1. The Morgan fingerprint density at radius 3 is 3.08 bits per heavy atom. The minimum Gasteiger partial charge on any atom is -0.366 e. The molecule has 68 valence electrons. The van der Waals surface area contributed by atoms with Gasteiger partial charge in [0.15, 0.2) is 5.78 Å². The van der Waals surface area contributed by atoms with Crippen molar-refractivity contribution in [3.8, 4) is 0 Å². The summed E-state index contributed by atoms with van der Waals surface area (Å²) in [4.78, 5) is 11.4. The van der Waals surface area contributed by atoms with Gasteiger partial charge in [0.05, 0.1) is 6.61 Å². The van der Waals surface area contributed by atoms with E-state index in [2.05, 4.69) is 13.5 Å². The average Bonchev–Trinajstić information content (AvgIpc) is 2.04.